The summed E-state index contributed by atoms with van der Waals surface area (Å²) in [5.41, 5.74) is 6.03. The fraction of sp³-hybridized carbons (Fsp3) is 0.533. The molecule has 1 saturated heterocycles. The highest BCUT2D eigenvalue weighted by molar-refractivity contribution is 7.10. The molecule has 0 radical (unpaired) electrons. The van der Waals surface area contributed by atoms with Gasteiger partial charge in [0.1, 0.15) is 0 Å². The molecule has 0 spiro atoms. The maximum Gasteiger partial charge on any atom is 0.252 e. The Bertz CT molecular complexity index is 515. The van der Waals surface area contributed by atoms with Crippen molar-refractivity contribution in [3.05, 3.63) is 21.9 Å². The smallest absolute Gasteiger partial charge is 0.252 e. The van der Waals surface area contributed by atoms with Crippen LogP contribution in [0.4, 0.5) is 0 Å². The van der Waals surface area contributed by atoms with Crippen molar-refractivity contribution in [3.63, 3.8) is 0 Å². The molecule has 1 aromatic rings. The van der Waals surface area contributed by atoms with E-state index >= 15 is 0 Å². The molecule has 5 heteroatoms. The number of nitrogens with one attached hydrogen (secondary N) is 1. The van der Waals surface area contributed by atoms with E-state index in [1.807, 2.05) is 11.4 Å². The van der Waals surface area contributed by atoms with Gasteiger partial charge in [0.2, 0.25) is 0 Å². The fourth-order valence-electron chi connectivity index (χ4n) is 2.44. The van der Waals surface area contributed by atoms with E-state index in [9.17, 15) is 4.79 Å². The molecule has 1 aromatic heterocycles. The number of rotatable bonds is 3. The SMILES string of the molecule is CN1CCCC(CNC(=O)c2csc(C#CCN)c2)C1. The summed E-state index contributed by atoms with van der Waals surface area (Å²) < 4.78 is 0. The lowest BCUT2D eigenvalue weighted by Crippen LogP contribution is -2.39. The number of carbonyl (C=O) groups is 1. The molecule has 1 fully saturated rings. The monoisotopic (exact) mass is 291 g/mol. The van der Waals surface area contributed by atoms with Crippen LogP contribution in [0, 0.1) is 17.8 Å². The maximum absolute atomic E-state index is 12.1. The van der Waals surface area contributed by atoms with Crippen molar-refractivity contribution < 1.29 is 4.79 Å². The number of nitrogens with zero attached hydrogens (tertiary/aromatic N) is 1. The van der Waals surface area contributed by atoms with Gasteiger partial charge < -0.3 is 16.0 Å². The molecule has 1 aliphatic rings. The molecule has 1 aliphatic heterocycles. The highest BCUT2D eigenvalue weighted by Crippen LogP contribution is 2.16. The van der Waals surface area contributed by atoms with Gasteiger partial charge in [0.25, 0.3) is 5.91 Å². The lowest BCUT2D eigenvalue weighted by Gasteiger charge is -2.29. The number of amides is 1. The molecule has 0 bridgehead atoms. The lowest BCUT2D eigenvalue weighted by molar-refractivity contribution is 0.0937. The molecule has 4 nitrogen and oxygen atoms in total. The number of hydrogen-bond donors (Lipinski definition) is 2. The van der Waals surface area contributed by atoms with Gasteiger partial charge in [0.15, 0.2) is 0 Å². The maximum atomic E-state index is 12.1. The van der Waals surface area contributed by atoms with Gasteiger partial charge >= 0.3 is 0 Å². The number of carbonyl (C=O) groups excluding carboxylic acids is 1. The molecule has 2 rings (SSSR count). The first-order chi connectivity index (χ1) is 9.69. The van der Waals surface area contributed by atoms with Crippen LogP contribution < -0.4 is 11.1 Å². The van der Waals surface area contributed by atoms with Gasteiger partial charge in [-0.15, -0.1) is 11.3 Å². The molecule has 108 valence electrons. The summed E-state index contributed by atoms with van der Waals surface area (Å²) in [5.74, 6) is 6.30. The van der Waals surface area contributed by atoms with Crippen LogP contribution in [0.3, 0.4) is 0 Å². The van der Waals surface area contributed by atoms with Crippen LogP contribution in [0.1, 0.15) is 28.1 Å². The van der Waals surface area contributed by atoms with Gasteiger partial charge in [-0.05, 0) is 38.4 Å². The Hall–Kier alpha value is -1.35. The van der Waals surface area contributed by atoms with Crippen molar-refractivity contribution in [2.75, 3.05) is 33.2 Å². The van der Waals surface area contributed by atoms with Crippen LogP contribution in [0.5, 0.6) is 0 Å². The molecule has 2 heterocycles. The fourth-order valence-corrected chi connectivity index (χ4v) is 3.19. The molecular formula is C15H21N3OS. The lowest BCUT2D eigenvalue weighted by atomic mass is 9.98. The zero-order valence-corrected chi connectivity index (χ0v) is 12.6. The average Bonchev–Trinajstić information content (AvgIpc) is 2.91. The standard InChI is InChI=1S/C15H21N3OS/c1-18-7-3-4-12(10-18)9-17-15(19)13-8-14(20-11-13)5-2-6-16/h8,11-12H,3-4,6-7,9-10,16H2,1H3,(H,17,19). The van der Waals surface area contributed by atoms with Crippen molar-refractivity contribution in [2.24, 2.45) is 11.7 Å². The largest absolute Gasteiger partial charge is 0.352 e. The first-order valence-electron chi connectivity index (χ1n) is 6.93. The Kier molecular flexibility index (Phi) is 5.60. The van der Waals surface area contributed by atoms with Gasteiger partial charge in [-0.25, -0.2) is 0 Å². The Morgan fingerprint density at radius 1 is 1.65 bits per heavy atom. The predicted octanol–water partition coefficient (Wildman–Crippen LogP) is 1.13. The van der Waals surface area contributed by atoms with Gasteiger partial charge in [0, 0.05) is 18.5 Å². The Labute approximate surface area is 124 Å². The average molecular weight is 291 g/mol. The minimum atomic E-state index is -0.00438. The van der Waals surface area contributed by atoms with Crippen molar-refractivity contribution >= 4 is 17.2 Å². The van der Waals surface area contributed by atoms with Crippen molar-refractivity contribution in [1.82, 2.24) is 10.2 Å². The highest BCUT2D eigenvalue weighted by atomic mass is 32.1. The Morgan fingerprint density at radius 3 is 3.25 bits per heavy atom. The summed E-state index contributed by atoms with van der Waals surface area (Å²) in [5, 5.41) is 4.88. The van der Waals surface area contributed by atoms with Gasteiger partial charge in [-0.2, -0.15) is 0 Å². The summed E-state index contributed by atoms with van der Waals surface area (Å²) in [6, 6.07) is 1.83. The summed E-state index contributed by atoms with van der Waals surface area (Å²) in [4.78, 5) is 15.3. The van der Waals surface area contributed by atoms with E-state index in [4.69, 9.17) is 5.73 Å². The third-order valence-electron chi connectivity index (χ3n) is 3.45. The van der Waals surface area contributed by atoms with Crippen molar-refractivity contribution in [1.29, 1.82) is 0 Å². The van der Waals surface area contributed by atoms with Crippen LogP contribution >= 0.6 is 11.3 Å². The first-order valence-corrected chi connectivity index (χ1v) is 7.81. The van der Waals surface area contributed by atoms with Gasteiger partial charge in [-0.1, -0.05) is 11.8 Å². The Balaban J connectivity index is 1.83. The summed E-state index contributed by atoms with van der Waals surface area (Å²) in [7, 11) is 2.13. The predicted molar refractivity (Wildman–Crippen MR) is 82.8 cm³/mol. The van der Waals surface area contributed by atoms with E-state index < -0.39 is 0 Å². The molecule has 1 atom stereocenters. The molecule has 1 unspecified atom stereocenters. The number of hydrogen-bond acceptors (Lipinski definition) is 4. The number of nitrogens with two attached hydrogens (primary N) is 1. The highest BCUT2D eigenvalue weighted by Gasteiger charge is 2.18. The molecule has 1 amide bonds. The third kappa shape index (κ3) is 4.34. The minimum Gasteiger partial charge on any atom is -0.352 e. The van der Waals surface area contributed by atoms with Gasteiger partial charge in [-0.3, -0.25) is 4.79 Å². The zero-order valence-electron chi connectivity index (χ0n) is 11.8. The Morgan fingerprint density at radius 2 is 2.50 bits per heavy atom. The molecule has 20 heavy (non-hydrogen) atoms. The van der Waals surface area contributed by atoms with Crippen LogP contribution in [0.25, 0.3) is 0 Å². The molecule has 0 saturated carbocycles. The van der Waals surface area contributed by atoms with Crippen LogP contribution in [0.2, 0.25) is 0 Å². The van der Waals surface area contributed by atoms with E-state index in [2.05, 4.69) is 29.1 Å². The minimum absolute atomic E-state index is 0.00438. The normalized spacial score (nSPS) is 19.2. The summed E-state index contributed by atoms with van der Waals surface area (Å²) in [6.07, 6.45) is 2.41. The second-order valence-corrected chi connectivity index (χ2v) is 6.10. The second kappa shape index (κ2) is 7.44. The molecule has 3 N–H and O–H groups in total. The van der Waals surface area contributed by atoms with E-state index in [1.54, 1.807) is 0 Å². The topological polar surface area (TPSA) is 58.4 Å². The number of piperidine rings is 1. The van der Waals surface area contributed by atoms with Crippen LogP contribution in [-0.4, -0.2) is 44.0 Å². The molecular weight excluding hydrogens is 270 g/mol. The second-order valence-electron chi connectivity index (χ2n) is 5.19. The van der Waals surface area contributed by atoms with Crippen LogP contribution in [0.15, 0.2) is 11.4 Å². The number of thiophene rings is 1. The first kappa shape index (κ1) is 15.0. The van der Waals surface area contributed by atoms with Crippen molar-refractivity contribution in [3.8, 4) is 11.8 Å². The van der Waals surface area contributed by atoms with Crippen LogP contribution in [-0.2, 0) is 0 Å². The third-order valence-corrected chi connectivity index (χ3v) is 4.29. The quantitative estimate of drug-likeness (QED) is 0.821. The summed E-state index contributed by atoms with van der Waals surface area (Å²) >= 11 is 1.48. The van der Waals surface area contributed by atoms with E-state index in [1.165, 1.54) is 24.2 Å². The van der Waals surface area contributed by atoms with Crippen molar-refractivity contribution in [2.45, 2.75) is 12.8 Å². The molecule has 0 aliphatic carbocycles. The van der Waals surface area contributed by atoms with E-state index in [0.717, 1.165) is 24.5 Å². The number of likely N-dealkylation sites (tertiary alicyclic amines) is 1. The van der Waals surface area contributed by atoms with E-state index in [-0.39, 0.29) is 5.91 Å². The van der Waals surface area contributed by atoms with E-state index in [0.29, 0.717) is 18.0 Å². The van der Waals surface area contributed by atoms with Gasteiger partial charge in [0.05, 0.1) is 17.0 Å². The molecule has 0 aromatic carbocycles. The zero-order chi connectivity index (χ0) is 14.4. The summed E-state index contributed by atoms with van der Waals surface area (Å²) in [6.45, 7) is 3.33.